The smallest absolute Gasteiger partial charge is 0.281 e. The fourth-order valence-corrected chi connectivity index (χ4v) is 5.80. The average molecular weight is 816 g/mol. The topological polar surface area (TPSA) is 185 Å². The molecule has 0 fully saturated rings. The summed E-state index contributed by atoms with van der Waals surface area (Å²) in [5.74, 6) is 8.01. The number of nitrogens with zero attached hydrogens (tertiary/aromatic N) is 3. The molecule has 0 spiro atoms. The van der Waals surface area contributed by atoms with Crippen molar-refractivity contribution < 1.29 is 28.2 Å². The largest absolute Gasteiger partial charge is 0.398 e. The number of carbonyl (C=O) groups excluding carboxylic acids is 2. The molecular weight excluding hydrogens is 773 g/mol. The third-order valence-electron chi connectivity index (χ3n) is 7.69. The first-order valence-electron chi connectivity index (χ1n) is 15.7. The zero-order chi connectivity index (χ0) is 35.8. The Morgan fingerprint density at radius 1 is 0.980 bits per heavy atom. The van der Waals surface area contributed by atoms with Crippen LogP contribution in [-0.4, -0.2) is 80.1 Å². The van der Waals surface area contributed by atoms with E-state index < -0.39 is 22.7 Å². The lowest BCUT2D eigenvalue weighted by molar-refractivity contribution is -0.131. The second kappa shape index (κ2) is 20.2. The Hall–Kier alpha value is -3.53. The molecule has 1 aromatic heterocycles. The number of amides is 2. The van der Waals surface area contributed by atoms with Crippen LogP contribution in [0.3, 0.4) is 0 Å². The van der Waals surface area contributed by atoms with E-state index in [4.69, 9.17) is 32.2 Å². The van der Waals surface area contributed by atoms with Crippen LogP contribution in [0.15, 0.2) is 54.2 Å². The summed E-state index contributed by atoms with van der Waals surface area (Å²) in [6, 6.07) is 6.79. The molecular formula is C32H42Br2FN7O7. The Morgan fingerprint density at radius 3 is 2.18 bits per heavy atom. The Labute approximate surface area is 300 Å². The SMILES string of the molecule is C#CCn1c(=O)c(Br)c(Br)c(=O)n1Cc1ccc(N(N)/C2=C(\N)C(F)(C(=O)NCCOCCOCCOCCNC=O)CCCCC2)cc1. The van der Waals surface area contributed by atoms with Crippen molar-refractivity contribution in [2.45, 2.75) is 50.9 Å². The molecule has 1 atom stereocenters. The Bertz CT molecular complexity index is 1610. The predicted molar refractivity (Wildman–Crippen MR) is 189 cm³/mol. The lowest BCUT2D eigenvalue weighted by Crippen LogP contribution is -2.50. The molecule has 1 aliphatic rings. The summed E-state index contributed by atoms with van der Waals surface area (Å²) in [5.41, 5.74) is 4.19. The lowest BCUT2D eigenvalue weighted by Gasteiger charge is -2.32. The van der Waals surface area contributed by atoms with Crippen LogP contribution in [0.1, 0.15) is 37.7 Å². The molecule has 17 heteroatoms. The number of benzene rings is 1. The number of halogens is 3. The molecule has 2 aromatic rings. The van der Waals surface area contributed by atoms with Crippen LogP contribution in [0.5, 0.6) is 0 Å². The summed E-state index contributed by atoms with van der Waals surface area (Å²) < 4.78 is 35.2. The van der Waals surface area contributed by atoms with Crippen LogP contribution < -0.4 is 38.3 Å². The van der Waals surface area contributed by atoms with Gasteiger partial charge in [-0.15, -0.1) is 6.42 Å². The lowest BCUT2D eigenvalue weighted by atomic mass is 9.88. The Balaban J connectivity index is 1.62. The van der Waals surface area contributed by atoms with Gasteiger partial charge >= 0.3 is 0 Å². The van der Waals surface area contributed by atoms with E-state index in [1.165, 1.54) is 14.4 Å². The van der Waals surface area contributed by atoms with Gasteiger partial charge in [-0.05, 0) is 75.2 Å². The van der Waals surface area contributed by atoms with Gasteiger partial charge in [-0.1, -0.05) is 24.5 Å². The number of allylic oxidation sites excluding steroid dienone is 1. The van der Waals surface area contributed by atoms with Gasteiger partial charge in [-0.2, -0.15) is 0 Å². The zero-order valence-corrected chi connectivity index (χ0v) is 30.2. The van der Waals surface area contributed by atoms with Gasteiger partial charge in [0.2, 0.25) is 12.1 Å². The van der Waals surface area contributed by atoms with Crippen LogP contribution in [0.4, 0.5) is 10.1 Å². The summed E-state index contributed by atoms with van der Waals surface area (Å²) in [7, 11) is 0. The highest BCUT2D eigenvalue weighted by Crippen LogP contribution is 2.34. The van der Waals surface area contributed by atoms with E-state index in [2.05, 4.69) is 48.4 Å². The molecule has 1 heterocycles. The molecule has 6 N–H and O–H groups in total. The van der Waals surface area contributed by atoms with E-state index >= 15 is 4.39 Å². The maximum absolute atomic E-state index is 16.5. The molecule has 0 saturated carbocycles. The van der Waals surface area contributed by atoms with Crippen molar-refractivity contribution in [3.05, 3.63) is 70.9 Å². The maximum Gasteiger partial charge on any atom is 0.281 e. The van der Waals surface area contributed by atoms with E-state index in [9.17, 15) is 19.2 Å². The van der Waals surface area contributed by atoms with Gasteiger partial charge in [0, 0.05) is 13.1 Å². The highest BCUT2D eigenvalue weighted by Gasteiger charge is 2.43. The number of hydrazine groups is 1. The van der Waals surface area contributed by atoms with Crippen molar-refractivity contribution in [3.8, 4) is 12.3 Å². The number of aromatic nitrogens is 2. The highest BCUT2D eigenvalue weighted by atomic mass is 79.9. The molecule has 0 saturated heterocycles. The summed E-state index contributed by atoms with van der Waals surface area (Å²) in [4.78, 5) is 49.0. The number of carbonyl (C=O) groups is 2. The van der Waals surface area contributed by atoms with E-state index in [1.807, 2.05) is 0 Å². The molecule has 0 radical (unpaired) electrons. The predicted octanol–water partition coefficient (Wildman–Crippen LogP) is 1.65. The fourth-order valence-electron chi connectivity index (χ4n) is 5.06. The molecule has 49 heavy (non-hydrogen) atoms. The van der Waals surface area contributed by atoms with Gasteiger partial charge in [0.25, 0.3) is 17.0 Å². The molecule has 268 valence electrons. The van der Waals surface area contributed by atoms with Gasteiger partial charge in [0.15, 0.2) is 0 Å². The number of hydrogen-bond donors (Lipinski definition) is 4. The van der Waals surface area contributed by atoms with E-state index in [0.717, 1.165) is 0 Å². The Kier molecular flexibility index (Phi) is 16.5. The van der Waals surface area contributed by atoms with Crippen LogP contribution in [0.2, 0.25) is 0 Å². The monoisotopic (exact) mass is 813 g/mol. The molecule has 0 aliphatic heterocycles. The van der Waals surface area contributed by atoms with Crippen molar-refractivity contribution >= 4 is 49.9 Å². The number of nitrogens with one attached hydrogen (secondary N) is 2. The van der Waals surface area contributed by atoms with Crippen molar-refractivity contribution in [2.75, 3.05) is 57.7 Å². The third-order valence-corrected chi connectivity index (χ3v) is 9.69. The minimum atomic E-state index is -2.48. The van der Waals surface area contributed by atoms with Crippen molar-refractivity contribution in [1.29, 1.82) is 0 Å². The van der Waals surface area contributed by atoms with Crippen molar-refractivity contribution in [1.82, 2.24) is 20.0 Å². The molecule has 1 aromatic carbocycles. The zero-order valence-electron chi connectivity index (χ0n) is 27.1. The second-order valence-electron chi connectivity index (χ2n) is 11.0. The minimum Gasteiger partial charge on any atom is -0.398 e. The number of anilines is 1. The van der Waals surface area contributed by atoms with Crippen molar-refractivity contribution in [3.63, 3.8) is 0 Å². The van der Waals surface area contributed by atoms with E-state index in [0.29, 0.717) is 82.0 Å². The molecule has 0 bridgehead atoms. The number of nitrogens with two attached hydrogens (primary N) is 2. The summed E-state index contributed by atoms with van der Waals surface area (Å²) >= 11 is 6.30. The molecule has 2 amide bonds. The van der Waals surface area contributed by atoms with Gasteiger partial charge in [0.1, 0.15) is 15.5 Å². The first kappa shape index (κ1) is 39.9. The van der Waals surface area contributed by atoms with Crippen LogP contribution in [0.25, 0.3) is 0 Å². The van der Waals surface area contributed by atoms with E-state index in [1.54, 1.807) is 24.3 Å². The van der Waals surface area contributed by atoms with Crippen LogP contribution in [-0.2, 0) is 36.9 Å². The van der Waals surface area contributed by atoms with E-state index in [-0.39, 0.29) is 53.9 Å². The summed E-state index contributed by atoms with van der Waals surface area (Å²) in [5, 5.41) is 6.36. The normalized spacial score (nSPS) is 17.9. The number of rotatable bonds is 19. The van der Waals surface area contributed by atoms with Gasteiger partial charge in [0.05, 0.1) is 63.3 Å². The van der Waals surface area contributed by atoms with Crippen LogP contribution >= 0.6 is 31.9 Å². The molecule has 1 unspecified atom stereocenters. The summed E-state index contributed by atoms with van der Waals surface area (Å²) in [6.45, 7) is 2.31. The maximum atomic E-state index is 16.5. The quantitative estimate of drug-likeness (QED) is 0.0535. The number of alkyl halides is 1. The third kappa shape index (κ3) is 11.0. The fraction of sp³-hybridized carbons (Fsp3) is 0.500. The Morgan fingerprint density at radius 2 is 1.57 bits per heavy atom. The molecule has 3 rings (SSSR count). The number of ether oxygens (including phenoxy) is 3. The van der Waals surface area contributed by atoms with Gasteiger partial charge in [-0.25, -0.2) is 19.6 Å². The van der Waals surface area contributed by atoms with Crippen LogP contribution in [0, 0.1) is 12.3 Å². The second-order valence-corrected chi connectivity index (χ2v) is 12.6. The summed E-state index contributed by atoms with van der Waals surface area (Å²) in [6.07, 6.45) is 8.15. The highest BCUT2D eigenvalue weighted by molar-refractivity contribution is 9.13. The first-order chi connectivity index (χ1) is 23.6. The molecule has 14 nitrogen and oxygen atoms in total. The van der Waals surface area contributed by atoms with Crippen molar-refractivity contribution in [2.24, 2.45) is 11.6 Å². The average Bonchev–Trinajstić information content (AvgIpc) is 3.10. The van der Waals surface area contributed by atoms with Gasteiger partial charge < -0.3 is 30.6 Å². The number of hydrogen-bond acceptors (Lipinski definition) is 10. The minimum absolute atomic E-state index is 0.0408. The molecule has 1 aliphatic carbocycles. The number of terminal acetylenes is 1. The van der Waals surface area contributed by atoms with Gasteiger partial charge in [-0.3, -0.25) is 24.2 Å². The standard InChI is InChI=1S/C32H42Br2FN7O7/c1-2-14-40-29(44)26(33)27(34)30(45)41(40)21-23-7-9-24(10-8-23)42(37)25-6-4-3-5-11-32(35,28(25)36)31(46)39-13-16-48-18-20-49-19-17-47-15-12-38-22-43/h1,7-10,22H,3-6,11-21,36-37H2,(H,38,43)(H,39,46)/b28-25-. The first-order valence-corrected chi connectivity index (χ1v) is 17.3.